The van der Waals surface area contributed by atoms with Gasteiger partial charge in [0.05, 0.1) is 34.8 Å². The highest BCUT2D eigenvalue weighted by Crippen LogP contribution is 2.32. The minimum Gasteiger partial charge on any atom is -0.380 e. The van der Waals surface area contributed by atoms with Gasteiger partial charge in [-0.25, -0.2) is 23.3 Å². The molecule has 3 heterocycles. The van der Waals surface area contributed by atoms with Crippen LogP contribution < -0.4 is 16.4 Å². The van der Waals surface area contributed by atoms with E-state index in [0.29, 0.717) is 19.3 Å². The predicted molar refractivity (Wildman–Crippen MR) is 131 cm³/mol. The Morgan fingerprint density at radius 1 is 1.10 bits per heavy atom. The van der Waals surface area contributed by atoms with E-state index in [1.165, 1.54) is 23.0 Å². The van der Waals surface area contributed by atoms with E-state index >= 15 is 0 Å². The minimum absolute atomic E-state index is 0.00230. The molecule has 0 saturated carbocycles. The second-order valence-corrected chi connectivity index (χ2v) is 8.75. The molecule has 0 amide bonds. The largest absolute Gasteiger partial charge is 0.423 e. The van der Waals surface area contributed by atoms with Crippen LogP contribution in [0, 0.1) is 5.82 Å². The van der Waals surface area contributed by atoms with E-state index in [-0.39, 0.29) is 34.3 Å². The highest BCUT2D eigenvalue weighted by Gasteiger charge is 2.37. The molecule has 2 N–H and O–H groups in total. The van der Waals surface area contributed by atoms with Crippen LogP contribution in [0.2, 0.25) is 0 Å². The Kier molecular flexibility index (Phi) is 8.02. The number of hydrogen-bond acceptors (Lipinski definition) is 6. The van der Waals surface area contributed by atoms with Crippen molar-refractivity contribution in [1.82, 2.24) is 24.7 Å². The summed E-state index contributed by atoms with van der Waals surface area (Å²) >= 11 is 0. The van der Waals surface area contributed by atoms with E-state index in [9.17, 15) is 35.9 Å². The summed E-state index contributed by atoms with van der Waals surface area (Å²) in [5, 5.41) is 7.93. The van der Waals surface area contributed by atoms with Crippen LogP contribution in [0.3, 0.4) is 0 Å². The average Bonchev–Trinajstić information content (AvgIpc) is 2.88. The molecule has 0 bridgehead atoms. The normalized spacial score (nSPS) is 12.7. The van der Waals surface area contributed by atoms with Gasteiger partial charge >= 0.3 is 6.18 Å². The van der Waals surface area contributed by atoms with Gasteiger partial charge in [0.15, 0.2) is 0 Å². The number of rotatable bonds is 9. The molecule has 4 aromatic rings. The molecular formula is C25H22F6N6O2. The first-order chi connectivity index (χ1) is 18.5. The van der Waals surface area contributed by atoms with Crippen LogP contribution in [0.5, 0.6) is 0 Å². The van der Waals surface area contributed by atoms with Gasteiger partial charge in [0.2, 0.25) is 0 Å². The first kappa shape index (κ1) is 27.8. The number of hydrogen-bond donors (Lipinski definition) is 2. The molecule has 0 aliphatic rings. The van der Waals surface area contributed by atoms with Gasteiger partial charge in [0, 0.05) is 29.9 Å². The maximum atomic E-state index is 14.8. The van der Waals surface area contributed by atoms with Crippen LogP contribution in [-0.4, -0.2) is 30.8 Å². The van der Waals surface area contributed by atoms with Gasteiger partial charge < -0.3 is 5.32 Å². The number of H-pyrrole nitrogens is 1. The molecule has 1 aromatic carbocycles. The second-order valence-electron chi connectivity index (χ2n) is 8.75. The number of aryl methyl sites for hydroxylation is 1. The molecule has 0 radical (unpaired) electrons. The lowest BCUT2D eigenvalue weighted by Gasteiger charge is -2.20. The number of alkyl halides is 5. The van der Waals surface area contributed by atoms with Gasteiger partial charge in [0.1, 0.15) is 11.4 Å². The zero-order valence-corrected chi connectivity index (χ0v) is 20.4. The maximum absolute atomic E-state index is 14.8. The number of aromatic amines is 1. The SMILES string of the molecule is CCC(CCCn1cnc2cc(-c3ccc(C(F)F)cn3)c(F)cc2c1=O)Nc1cn[nH]c(=O)c1C(F)(F)F. The number of nitrogens with zero attached hydrogens (tertiary/aromatic N) is 4. The summed E-state index contributed by atoms with van der Waals surface area (Å²) in [4.78, 5) is 32.7. The van der Waals surface area contributed by atoms with Gasteiger partial charge in [-0.2, -0.15) is 18.3 Å². The van der Waals surface area contributed by atoms with Crippen LogP contribution in [0.25, 0.3) is 22.2 Å². The van der Waals surface area contributed by atoms with E-state index in [1.807, 2.05) is 0 Å². The van der Waals surface area contributed by atoms with Crippen LogP contribution in [0.15, 0.2) is 52.6 Å². The highest BCUT2D eigenvalue weighted by molar-refractivity contribution is 5.83. The molecule has 0 spiro atoms. The molecule has 0 fully saturated rings. The van der Waals surface area contributed by atoms with Crippen LogP contribution in [-0.2, 0) is 12.7 Å². The van der Waals surface area contributed by atoms with Gasteiger partial charge in [0.25, 0.3) is 17.5 Å². The molecule has 1 unspecified atom stereocenters. The third-order valence-corrected chi connectivity index (χ3v) is 6.17. The van der Waals surface area contributed by atoms with Gasteiger partial charge in [-0.3, -0.25) is 19.1 Å². The molecule has 4 rings (SSSR count). The van der Waals surface area contributed by atoms with E-state index in [4.69, 9.17) is 0 Å². The standard InChI is InChI=1S/C25H22F6N6O2/c1-2-14(35-20-11-34-36-23(38)21(20)25(29,30)31)4-3-7-37-12-33-19-9-15(17(26)8-16(19)24(37)39)18-6-5-13(10-32-18)22(27)28/h5-6,8-12,14,22H,2-4,7H2,1H3,(H2,35,36,38). The molecule has 0 aliphatic carbocycles. The molecule has 0 aliphatic heterocycles. The molecule has 206 valence electrons. The molecular weight excluding hydrogens is 530 g/mol. The third kappa shape index (κ3) is 6.10. The van der Waals surface area contributed by atoms with E-state index in [2.05, 4.69) is 20.4 Å². The fourth-order valence-electron chi connectivity index (χ4n) is 4.12. The summed E-state index contributed by atoms with van der Waals surface area (Å²) in [6.45, 7) is 1.91. The molecule has 1 atom stereocenters. The summed E-state index contributed by atoms with van der Waals surface area (Å²) in [6, 6.07) is 4.25. The number of fused-ring (bicyclic) bond motifs is 1. The predicted octanol–water partition coefficient (Wildman–Crippen LogP) is 5.31. The number of benzene rings is 1. The van der Waals surface area contributed by atoms with Crippen molar-refractivity contribution in [3.8, 4) is 11.3 Å². The first-order valence-electron chi connectivity index (χ1n) is 11.8. The first-order valence-corrected chi connectivity index (χ1v) is 11.8. The summed E-state index contributed by atoms with van der Waals surface area (Å²) < 4.78 is 81.6. The van der Waals surface area contributed by atoms with Crippen molar-refractivity contribution in [2.24, 2.45) is 0 Å². The zero-order valence-electron chi connectivity index (χ0n) is 20.4. The molecule has 3 aromatic heterocycles. The van der Waals surface area contributed by atoms with Gasteiger partial charge in [-0.15, -0.1) is 0 Å². The van der Waals surface area contributed by atoms with Crippen molar-refractivity contribution < 1.29 is 26.3 Å². The Morgan fingerprint density at radius 3 is 2.51 bits per heavy atom. The lowest BCUT2D eigenvalue weighted by Crippen LogP contribution is -2.28. The van der Waals surface area contributed by atoms with Crippen molar-refractivity contribution in [2.45, 2.75) is 51.4 Å². The van der Waals surface area contributed by atoms with Crippen molar-refractivity contribution >= 4 is 16.6 Å². The van der Waals surface area contributed by atoms with Crippen molar-refractivity contribution in [2.75, 3.05) is 5.32 Å². The van der Waals surface area contributed by atoms with Gasteiger partial charge in [-0.05, 0) is 43.5 Å². The van der Waals surface area contributed by atoms with E-state index in [0.717, 1.165) is 24.5 Å². The number of aromatic nitrogens is 5. The number of halogens is 6. The summed E-state index contributed by atoms with van der Waals surface area (Å²) in [6.07, 6.45) is -3.34. The lowest BCUT2D eigenvalue weighted by molar-refractivity contribution is -0.138. The summed E-state index contributed by atoms with van der Waals surface area (Å²) in [7, 11) is 0. The number of anilines is 1. The topological polar surface area (TPSA) is 106 Å². The summed E-state index contributed by atoms with van der Waals surface area (Å²) in [5.74, 6) is -0.779. The average molecular weight is 552 g/mol. The molecule has 14 heteroatoms. The van der Waals surface area contributed by atoms with Crippen LogP contribution in [0.1, 0.15) is 43.7 Å². The van der Waals surface area contributed by atoms with Crippen molar-refractivity contribution in [3.63, 3.8) is 0 Å². The number of pyridine rings is 1. The fourth-order valence-corrected chi connectivity index (χ4v) is 4.12. The Balaban J connectivity index is 1.49. The molecule has 0 saturated heterocycles. The van der Waals surface area contributed by atoms with Crippen LogP contribution >= 0.6 is 0 Å². The van der Waals surface area contributed by atoms with Crippen molar-refractivity contribution in [1.29, 1.82) is 0 Å². The van der Waals surface area contributed by atoms with Gasteiger partial charge in [-0.1, -0.05) is 6.92 Å². The maximum Gasteiger partial charge on any atom is 0.423 e. The van der Waals surface area contributed by atoms with E-state index < -0.39 is 46.8 Å². The summed E-state index contributed by atoms with van der Waals surface area (Å²) in [5.41, 5.74) is -3.71. The Labute approximate surface area is 216 Å². The van der Waals surface area contributed by atoms with E-state index in [1.54, 1.807) is 12.0 Å². The Bertz CT molecular complexity index is 1580. The second kappa shape index (κ2) is 11.3. The molecule has 39 heavy (non-hydrogen) atoms. The third-order valence-electron chi connectivity index (χ3n) is 6.17. The highest BCUT2D eigenvalue weighted by atomic mass is 19.4. The monoisotopic (exact) mass is 552 g/mol. The Hall–Kier alpha value is -4.23. The Morgan fingerprint density at radius 2 is 1.87 bits per heavy atom. The fraction of sp³-hybridized carbons (Fsp3) is 0.320. The quantitative estimate of drug-likeness (QED) is 0.273. The van der Waals surface area contributed by atoms with Crippen LogP contribution in [0.4, 0.5) is 32.0 Å². The smallest absolute Gasteiger partial charge is 0.380 e. The van der Waals surface area contributed by atoms with Crippen molar-refractivity contribution in [3.05, 3.63) is 80.6 Å². The minimum atomic E-state index is -4.87. The molecule has 8 nitrogen and oxygen atoms in total. The number of nitrogens with one attached hydrogen (secondary N) is 2. The lowest BCUT2D eigenvalue weighted by atomic mass is 10.1. The zero-order chi connectivity index (χ0) is 28.3.